The Morgan fingerprint density at radius 2 is 0.985 bits per heavy atom. The van der Waals surface area contributed by atoms with Gasteiger partial charge in [0.05, 0.1) is 92.0 Å². The van der Waals surface area contributed by atoms with Crippen LogP contribution in [0.1, 0.15) is 46.1 Å². The van der Waals surface area contributed by atoms with E-state index in [1.54, 1.807) is 42.5 Å². The van der Waals surface area contributed by atoms with E-state index in [1.165, 1.54) is 71.9 Å². The first kappa shape index (κ1) is 49.7. The molecule has 366 valence electrons. The number of hydrogen-bond donors (Lipinski definition) is 10. The largest absolute Gasteiger partial charge is 0.504 e. The summed E-state index contributed by atoms with van der Waals surface area (Å²) in [5, 5.41) is 110. The molecule has 10 N–H and O–H groups in total. The van der Waals surface area contributed by atoms with Crippen LogP contribution in [0.15, 0.2) is 78.9 Å². The Morgan fingerprint density at radius 1 is 0.544 bits per heavy atom. The van der Waals surface area contributed by atoms with Crippen molar-refractivity contribution in [3.05, 3.63) is 107 Å². The number of phenolic OH excluding ortho intramolecular Hbond substituents is 4. The van der Waals surface area contributed by atoms with Crippen LogP contribution in [0.25, 0.3) is 11.1 Å². The molecule has 8 unspecified atom stereocenters. The third-order valence-corrected chi connectivity index (χ3v) is 13.0. The summed E-state index contributed by atoms with van der Waals surface area (Å²) in [7, 11) is 6.87. The van der Waals surface area contributed by atoms with E-state index in [2.05, 4.69) is 0 Å². The quantitative estimate of drug-likeness (QED) is 0.0560. The van der Waals surface area contributed by atoms with Gasteiger partial charge in [-0.15, -0.1) is 0 Å². The molecule has 0 saturated carbocycles. The number of hydrogen-bond acceptors (Lipinski definition) is 18. The van der Waals surface area contributed by atoms with Gasteiger partial charge in [0.15, 0.2) is 63.6 Å². The topological polar surface area (TPSA) is 276 Å². The van der Waals surface area contributed by atoms with Gasteiger partial charge in [-0.05, 0) is 88.5 Å². The third-order valence-electron chi connectivity index (χ3n) is 13.0. The van der Waals surface area contributed by atoms with Crippen molar-refractivity contribution in [1.82, 2.24) is 0 Å². The lowest BCUT2D eigenvalue weighted by Gasteiger charge is -2.30. The fraction of sp³-hybridized carbons (Fsp3) is 0.400. The van der Waals surface area contributed by atoms with Crippen molar-refractivity contribution in [2.24, 2.45) is 11.8 Å². The van der Waals surface area contributed by atoms with Crippen LogP contribution >= 0.6 is 0 Å². The van der Waals surface area contributed by atoms with Crippen molar-refractivity contribution in [1.29, 1.82) is 0 Å². The lowest BCUT2D eigenvalue weighted by Crippen LogP contribution is -2.42. The monoisotopic (exact) mass is 946 g/mol. The highest BCUT2D eigenvalue weighted by Gasteiger charge is 2.50. The van der Waals surface area contributed by atoms with Crippen LogP contribution in [0.5, 0.6) is 57.5 Å². The Hall–Kier alpha value is -6.22. The number of aromatic hydroxyl groups is 4. The third kappa shape index (κ3) is 9.59. The minimum atomic E-state index is -1.69. The summed E-state index contributed by atoms with van der Waals surface area (Å²) in [5.74, 6) is -1.92. The van der Waals surface area contributed by atoms with Crippen molar-refractivity contribution in [2.75, 3.05) is 68.6 Å². The number of aliphatic hydroxyl groups excluding tert-OH is 4. The summed E-state index contributed by atoms with van der Waals surface area (Å²) in [6.45, 7) is -1.97. The summed E-state index contributed by atoms with van der Waals surface area (Å²) >= 11 is 0. The lowest BCUT2D eigenvalue weighted by molar-refractivity contribution is -0.0155. The van der Waals surface area contributed by atoms with Crippen LogP contribution in [-0.4, -0.2) is 137 Å². The van der Waals surface area contributed by atoms with Gasteiger partial charge in [0.25, 0.3) is 0 Å². The predicted molar refractivity (Wildman–Crippen MR) is 243 cm³/mol. The molecule has 0 radical (unpaired) electrons. The molecule has 18 heteroatoms. The van der Waals surface area contributed by atoms with E-state index in [-0.39, 0.29) is 94.7 Å². The minimum absolute atomic E-state index is 0.00685. The highest BCUT2D eigenvalue weighted by molar-refractivity contribution is 5.81. The van der Waals surface area contributed by atoms with Crippen LogP contribution < -0.4 is 28.4 Å². The van der Waals surface area contributed by atoms with E-state index in [1.807, 2.05) is 0 Å². The van der Waals surface area contributed by atoms with Gasteiger partial charge in [-0.2, -0.15) is 0 Å². The molecule has 0 amide bonds. The van der Waals surface area contributed by atoms with Gasteiger partial charge in [0.1, 0.15) is 6.10 Å². The molecule has 5 aromatic rings. The molecule has 8 atom stereocenters. The van der Waals surface area contributed by atoms with Gasteiger partial charge in [0, 0.05) is 35.8 Å². The molecule has 2 aliphatic heterocycles. The van der Waals surface area contributed by atoms with E-state index >= 15 is 0 Å². The van der Waals surface area contributed by atoms with Gasteiger partial charge in [-0.25, -0.2) is 0 Å². The molecular weight excluding hydrogens is 889 g/mol. The molecule has 0 bridgehead atoms. The molecule has 2 fully saturated rings. The maximum Gasteiger partial charge on any atom is 0.165 e. The Kier molecular flexibility index (Phi) is 15.0. The van der Waals surface area contributed by atoms with Crippen LogP contribution in [0.2, 0.25) is 0 Å². The second kappa shape index (κ2) is 20.6. The molecule has 68 heavy (non-hydrogen) atoms. The zero-order valence-electron chi connectivity index (χ0n) is 38.2. The number of aliphatic hydroxyl groups is 6. The summed E-state index contributed by atoms with van der Waals surface area (Å²) in [6.07, 6.45) is -4.33. The maximum atomic E-state index is 12.3. The van der Waals surface area contributed by atoms with Gasteiger partial charge < -0.3 is 89.0 Å². The molecule has 0 aliphatic carbocycles. The highest BCUT2D eigenvalue weighted by atomic mass is 16.5. The van der Waals surface area contributed by atoms with Crippen molar-refractivity contribution < 1.29 is 89.0 Å². The number of ether oxygens (including phenoxy) is 8. The Bertz CT molecular complexity index is 2570. The van der Waals surface area contributed by atoms with Gasteiger partial charge in [0.2, 0.25) is 0 Å². The first-order chi connectivity index (χ1) is 32.6. The average molecular weight is 947 g/mol. The maximum absolute atomic E-state index is 12.3. The molecular formula is C50H58O18. The minimum Gasteiger partial charge on any atom is -0.504 e. The lowest BCUT2D eigenvalue weighted by atomic mass is 9.79. The van der Waals surface area contributed by atoms with Crippen molar-refractivity contribution in [3.63, 3.8) is 0 Å². The standard InChI is InChI=1S/C50H58O18/c1-61-38-16-28(6-9-35(38)54)44(56)43(23-53)68-37-11-8-30(18-40(37)63-3)48-34(22-52)50(60,25-67-48)20-27-13-32(46(58)42(15-27)65-5)31-12-26(14-41(64-4)45(31)57)19-49(59)24-66-47(33(49)21-51)29-7-10-36(55)39(17-29)62-2/h6-18,33-34,43-44,47-48,51-60H,19-25H2,1-5H3. The van der Waals surface area contributed by atoms with Crippen LogP contribution in [0.4, 0.5) is 0 Å². The van der Waals surface area contributed by atoms with Crippen molar-refractivity contribution in [2.45, 2.75) is 48.5 Å². The van der Waals surface area contributed by atoms with Crippen LogP contribution in [0.3, 0.4) is 0 Å². The Morgan fingerprint density at radius 3 is 1.44 bits per heavy atom. The van der Waals surface area contributed by atoms with Gasteiger partial charge in [-0.1, -0.05) is 18.2 Å². The molecule has 0 aromatic heterocycles. The molecule has 18 nitrogen and oxygen atoms in total. The smallest absolute Gasteiger partial charge is 0.165 e. The van der Waals surface area contributed by atoms with Gasteiger partial charge in [-0.3, -0.25) is 0 Å². The van der Waals surface area contributed by atoms with E-state index in [9.17, 15) is 51.1 Å². The summed E-state index contributed by atoms with van der Waals surface area (Å²) < 4.78 is 45.4. The van der Waals surface area contributed by atoms with Crippen LogP contribution in [-0.2, 0) is 22.3 Å². The Balaban J connectivity index is 1.14. The number of rotatable bonds is 19. The summed E-state index contributed by atoms with van der Waals surface area (Å²) in [6, 6.07) is 19.9. The summed E-state index contributed by atoms with van der Waals surface area (Å²) in [5.41, 5.74) is -0.851. The number of methoxy groups -OCH3 is 5. The number of benzene rings is 5. The van der Waals surface area contributed by atoms with E-state index in [0.717, 1.165) is 0 Å². The molecule has 7 rings (SSSR count). The average Bonchev–Trinajstić information content (AvgIpc) is 3.86. The van der Waals surface area contributed by atoms with Crippen molar-refractivity contribution in [3.8, 4) is 68.6 Å². The molecule has 2 heterocycles. The van der Waals surface area contributed by atoms with Gasteiger partial charge >= 0.3 is 0 Å². The van der Waals surface area contributed by atoms with E-state index in [4.69, 9.17) is 37.9 Å². The van der Waals surface area contributed by atoms with Crippen LogP contribution in [0, 0.1) is 11.8 Å². The molecule has 2 aliphatic rings. The zero-order chi connectivity index (χ0) is 49.1. The first-order valence-electron chi connectivity index (χ1n) is 21.7. The molecule has 0 spiro atoms. The normalized spacial score (nSPS) is 23.2. The predicted octanol–water partition coefficient (Wildman–Crippen LogP) is 4.00. The summed E-state index contributed by atoms with van der Waals surface area (Å²) in [4.78, 5) is 0. The second-order valence-electron chi connectivity index (χ2n) is 17.0. The first-order valence-corrected chi connectivity index (χ1v) is 21.7. The molecule has 5 aromatic carbocycles. The molecule has 2 saturated heterocycles. The number of phenols is 4. The van der Waals surface area contributed by atoms with E-state index in [0.29, 0.717) is 27.8 Å². The fourth-order valence-corrected chi connectivity index (χ4v) is 9.28. The fourth-order valence-electron chi connectivity index (χ4n) is 9.28. The second-order valence-corrected chi connectivity index (χ2v) is 17.0. The van der Waals surface area contributed by atoms with Crippen molar-refractivity contribution >= 4 is 0 Å². The van der Waals surface area contributed by atoms with E-state index < -0.39 is 67.3 Å². The zero-order valence-corrected chi connectivity index (χ0v) is 38.2. The SMILES string of the molecule is COc1cc(C(O)C(CO)Oc2ccc(C3OCC(O)(Cc4cc(OC)c(O)c(-c5cc(CC6(O)COC(c7ccc(O)c(OC)c7)C6CO)cc(OC)c5O)c4)C3CO)cc2OC)ccc1O. The highest BCUT2D eigenvalue weighted by Crippen LogP contribution is 2.50. The Labute approximate surface area is 392 Å².